The van der Waals surface area contributed by atoms with Gasteiger partial charge in [-0.2, -0.15) is 5.10 Å². The Morgan fingerprint density at radius 1 is 1.26 bits per heavy atom. The number of carbonyl (C=O) groups excluding carboxylic acids is 1. The topological polar surface area (TPSA) is 69.2 Å². The molecule has 144 valence electrons. The maximum atomic E-state index is 11.0. The lowest BCUT2D eigenvalue weighted by Crippen LogP contribution is -2.16. The second-order valence-electron chi connectivity index (χ2n) is 5.11. The first-order valence-electron chi connectivity index (χ1n) is 7.85. The Morgan fingerprint density at radius 3 is 2.59 bits per heavy atom. The van der Waals surface area contributed by atoms with Crippen molar-refractivity contribution in [2.75, 3.05) is 13.7 Å². The molecule has 0 aliphatic rings. The van der Waals surface area contributed by atoms with Gasteiger partial charge in [0.1, 0.15) is 6.61 Å². The summed E-state index contributed by atoms with van der Waals surface area (Å²) in [6, 6.07) is 8.78. The average molecular weight is 476 g/mol. The zero-order valence-corrected chi connectivity index (χ0v) is 17.7. The van der Waals surface area contributed by atoms with Crippen LogP contribution in [0, 0.1) is 0 Å². The molecule has 0 aliphatic carbocycles. The molecule has 0 spiro atoms. The van der Waals surface area contributed by atoms with Crippen LogP contribution in [-0.2, 0) is 11.3 Å². The molecule has 1 N–H and O–H groups in total. The summed E-state index contributed by atoms with van der Waals surface area (Å²) in [4.78, 5) is 11.0. The maximum Gasteiger partial charge on any atom is 0.427 e. The van der Waals surface area contributed by atoms with E-state index < -0.39 is 6.09 Å². The molecule has 2 aromatic rings. The molecule has 0 saturated carbocycles. The van der Waals surface area contributed by atoms with E-state index in [1.165, 1.54) is 13.3 Å². The minimum atomic E-state index is -0.660. The van der Waals surface area contributed by atoms with Crippen LogP contribution in [0.4, 0.5) is 4.79 Å². The molecule has 6 nitrogen and oxygen atoms in total. The summed E-state index contributed by atoms with van der Waals surface area (Å²) in [5, 5.41) is 4.84. The van der Waals surface area contributed by atoms with Gasteiger partial charge in [-0.25, -0.2) is 10.2 Å². The van der Waals surface area contributed by atoms with Gasteiger partial charge in [-0.05, 0) is 52.7 Å². The van der Waals surface area contributed by atoms with Crippen molar-refractivity contribution in [3.8, 4) is 11.5 Å². The van der Waals surface area contributed by atoms with E-state index in [-0.39, 0.29) is 6.61 Å². The van der Waals surface area contributed by atoms with Crippen molar-refractivity contribution in [2.24, 2.45) is 5.10 Å². The van der Waals surface area contributed by atoms with Gasteiger partial charge in [-0.15, -0.1) is 0 Å². The van der Waals surface area contributed by atoms with Crippen molar-refractivity contribution in [1.29, 1.82) is 0 Å². The van der Waals surface area contributed by atoms with Gasteiger partial charge in [0.2, 0.25) is 0 Å². The summed E-state index contributed by atoms with van der Waals surface area (Å²) < 4.78 is 16.7. The third-order valence-corrected chi connectivity index (χ3v) is 4.61. The van der Waals surface area contributed by atoms with Gasteiger partial charge < -0.3 is 14.2 Å². The molecule has 0 aromatic heterocycles. The van der Waals surface area contributed by atoms with Crippen LogP contribution in [0.1, 0.15) is 18.1 Å². The number of halogens is 3. The Labute approximate surface area is 175 Å². The fourth-order valence-corrected chi connectivity index (χ4v) is 3.17. The van der Waals surface area contributed by atoms with Gasteiger partial charge in [0.25, 0.3) is 0 Å². The molecular weight excluding hydrogens is 459 g/mol. The summed E-state index contributed by atoms with van der Waals surface area (Å²) in [5.74, 6) is 1.01. The van der Waals surface area contributed by atoms with E-state index in [4.69, 9.17) is 32.7 Å². The number of nitrogens with zero attached hydrogens (tertiary/aromatic N) is 1. The van der Waals surface area contributed by atoms with E-state index in [2.05, 4.69) is 31.2 Å². The molecule has 0 saturated heterocycles. The summed E-state index contributed by atoms with van der Waals surface area (Å²) >= 11 is 15.8. The van der Waals surface area contributed by atoms with E-state index in [1.807, 2.05) is 6.92 Å². The molecular formula is C18H17BrCl2N2O4. The third-order valence-electron chi connectivity index (χ3n) is 3.31. The number of methoxy groups -OCH3 is 1. The van der Waals surface area contributed by atoms with Crippen molar-refractivity contribution in [1.82, 2.24) is 5.43 Å². The lowest BCUT2D eigenvalue weighted by Gasteiger charge is -2.15. The standard InChI is InChI=1S/C18H17BrCl2N2O4/c1-3-26-16-8-11(9-22-23-18(24)25-2)7-13(19)17(16)27-10-12-14(20)5-4-6-15(12)21/h4-9H,3,10H2,1-2H3,(H,23,24). The van der Waals surface area contributed by atoms with E-state index in [0.717, 1.165) is 0 Å². The Bertz CT molecular complexity index is 826. The van der Waals surface area contributed by atoms with E-state index in [9.17, 15) is 4.79 Å². The number of rotatable bonds is 7. The molecule has 0 radical (unpaired) electrons. The first kappa shape index (κ1) is 21.3. The monoisotopic (exact) mass is 474 g/mol. The largest absolute Gasteiger partial charge is 0.490 e. The lowest BCUT2D eigenvalue weighted by atomic mass is 10.2. The van der Waals surface area contributed by atoms with Crippen LogP contribution >= 0.6 is 39.1 Å². The van der Waals surface area contributed by atoms with Crippen LogP contribution in [-0.4, -0.2) is 26.0 Å². The first-order valence-corrected chi connectivity index (χ1v) is 9.40. The number of hydrogen-bond acceptors (Lipinski definition) is 5. The number of carbonyl (C=O) groups is 1. The predicted molar refractivity (Wildman–Crippen MR) is 109 cm³/mol. The van der Waals surface area contributed by atoms with E-state index >= 15 is 0 Å². The maximum absolute atomic E-state index is 11.0. The van der Waals surface area contributed by atoms with Gasteiger partial charge in [0.05, 0.1) is 24.4 Å². The Hall–Kier alpha value is -1.96. The predicted octanol–water partition coefficient (Wildman–Crippen LogP) is 5.42. The Morgan fingerprint density at radius 2 is 1.96 bits per heavy atom. The smallest absolute Gasteiger partial charge is 0.427 e. The number of benzene rings is 2. The summed E-state index contributed by atoms with van der Waals surface area (Å²) in [5.41, 5.74) is 3.59. The van der Waals surface area contributed by atoms with Gasteiger partial charge >= 0.3 is 6.09 Å². The van der Waals surface area contributed by atoms with Crippen LogP contribution in [0.3, 0.4) is 0 Å². The summed E-state index contributed by atoms with van der Waals surface area (Å²) in [6.07, 6.45) is 0.797. The van der Waals surface area contributed by atoms with Gasteiger partial charge in [0.15, 0.2) is 11.5 Å². The number of hydrazone groups is 1. The highest BCUT2D eigenvalue weighted by Crippen LogP contribution is 2.38. The highest BCUT2D eigenvalue weighted by molar-refractivity contribution is 9.10. The van der Waals surface area contributed by atoms with Crippen molar-refractivity contribution in [3.05, 3.63) is 56.0 Å². The normalized spacial score (nSPS) is 10.7. The third kappa shape index (κ3) is 6.02. The van der Waals surface area contributed by atoms with Gasteiger partial charge in [0, 0.05) is 15.6 Å². The van der Waals surface area contributed by atoms with E-state index in [1.54, 1.807) is 30.3 Å². The molecule has 0 aliphatic heterocycles. The molecule has 0 heterocycles. The minimum Gasteiger partial charge on any atom is -0.490 e. The number of ether oxygens (including phenoxy) is 3. The molecule has 9 heteroatoms. The molecule has 1 amide bonds. The number of amides is 1. The summed E-state index contributed by atoms with van der Waals surface area (Å²) in [6.45, 7) is 2.48. The second kappa shape index (κ2) is 10.4. The Kier molecular flexibility index (Phi) is 8.22. The van der Waals surface area contributed by atoms with Crippen molar-refractivity contribution in [3.63, 3.8) is 0 Å². The Balaban J connectivity index is 2.24. The van der Waals surface area contributed by atoms with Crippen molar-refractivity contribution < 1.29 is 19.0 Å². The quantitative estimate of drug-likeness (QED) is 0.428. The van der Waals surface area contributed by atoms with Crippen LogP contribution in [0.2, 0.25) is 10.0 Å². The number of nitrogens with one attached hydrogen (secondary N) is 1. The second-order valence-corrected chi connectivity index (χ2v) is 6.78. The zero-order valence-electron chi connectivity index (χ0n) is 14.6. The fourth-order valence-electron chi connectivity index (χ4n) is 2.09. The molecule has 0 fully saturated rings. The first-order chi connectivity index (χ1) is 13.0. The zero-order chi connectivity index (χ0) is 19.8. The van der Waals surface area contributed by atoms with Gasteiger partial charge in [-0.1, -0.05) is 29.3 Å². The van der Waals surface area contributed by atoms with E-state index in [0.29, 0.717) is 43.8 Å². The fraction of sp³-hybridized carbons (Fsp3) is 0.222. The molecule has 2 rings (SSSR count). The molecule has 2 aromatic carbocycles. The molecule has 0 atom stereocenters. The minimum absolute atomic E-state index is 0.175. The van der Waals surface area contributed by atoms with Crippen LogP contribution < -0.4 is 14.9 Å². The lowest BCUT2D eigenvalue weighted by molar-refractivity contribution is 0.171. The van der Waals surface area contributed by atoms with Gasteiger partial charge in [-0.3, -0.25) is 0 Å². The van der Waals surface area contributed by atoms with Crippen LogP contribution in [0.25, 0.3) is 0 Å². The summed E-state index contributed by atoms with van der Waals surface area (Å²) in [7, 11) is 1.26. The highest BCUT2D eigenvalue weighted by atomic mass is 79.9. The van der Waals surface area contributed by atoms with Crippen LogP contribution in [0.5, 0.6) is 11.5 Å². The molecule has 0 bridgehead atoms. The average Bonchev–Trinajstić information content (AvgIpc) is 2.63. The highest BCUT2D eigenvalue weighted by Gasteiger charge is 2.14. The number of hydrogen-bond donors (Lipinski definition) is 1. The van der Waals surface area contributed by atoms with Crippen molar-refractivity contribution in [2.45, 2.75) is 13.5 Å². The van der Waals surface area contributed by atoms with Crippen LogP contribution in [0.15, 0.2) is 39.9 Å². The molecule has 0 unspecified atom stereocenters. The van der Waals surface area contributed by atoms with Crippen molar-refractivity contribution >= 4 is 51.4 Å². The molecule has 27 heavy (non-hydrogen) atoms. The SMILES string of the molecule is CCOc1cc(C=NNC(=O)OC)cc(Br)c1OCc1c(Cl)cccc1Cl.